The number of halogens is 5. The monoisotopic (exact) mass is 719 g/mol. The van der Waals surface area contributed by atoms with Gasteiger partial charge in [-0.05, 0) is 80.2 Å². The molecule has 9 rings (SSSR count). The van der Waals surface area contributed by atoms with Gasteiger partial charge >= 0.3 is 12.2 Å². The first-order valence-electron chi connectivity index (χ1n) is 18.0. The second-order valence-electron chi connectivity index (χ2n) is 15.4. The molecule has 5 aliphatic rings. The standard InChI is InChI=1S/C39H38F5N5O3/c1-2-26-30(40)7-4-22-14-25(50)15-27(31(22)26)32-29(39(42,43)44)16-28-34(33(32)41)46-36(47-35(28)48-17-23-5-6-24(18-48)45-23)52-20-37(10-11-37)19-49-12-13-51-21-38(49)8-3-9-38/h1,4,7,14-16,23-24,45,50H,3,5-6,8-13,17-21H2. The fraction of sp³-hybridized carbons (Fsp3) is 0.487. The summed E-state index contributed by atoms with van der Waals surface area (Å²) < 4.78 is 89.6. The predicted molar refractivity (Wildman–Crippen MR) is 185 cm³/mol. The number of anilines is 1. The van der Waals surface area contributed by atoms with Gasteiger partial charge in [0.25, 0.3) is 0 Å². The van der Waals surface area contributed by atoms with Gasteiger partial charge in [-0.25, -0.2) is 8.78 Å². The second kappa shape index (κ2) is 12.1. The molecule has 3 aromatic carbocycles. The maximum Gasteiger partial charge on any atom is 0.417 e. The molecule has 4 aromatic rings. The Morgan fingerprint density at radius 3 is 2.50 bits per heavy atom. The largest absolute Gasteiger partial charge is 0.508 e. The van der Waals surface area contributed by atoms with Crippen LogP contribution < -0.4 is 15.0 Å². The molecule has 3 aliphatic heterocycles. The number of benzene rings is 3. The summed E-state index contributed by atoms with van der Waals surface area (Å²) in [6.07, 6.45) is 7.63. The third-order valence-corrected chi connectivity index (χ3v) is 12.0. The molecule has 52 heavy (non-hydrogen) atoms. The normalized spacial score (nSPS) is 23.6. The third kappa shape index (κ3) is 5.61. The summed E-state index contributed by atoms with van der Waals surface area (Å²) in [6, 6.07) is 5.52. The SMILES string of the molecule is C#Cc1c(F)ccc2cc(O)cc(-c3c(C(F)(F)F)cc4c(N5CC6CCC(C5)N6)nc(OCC5(CN6CCOCC67CCC7)CC5)nc4c3F)c12. The summed E-state index contributed by atoms with van der Waals surface area (Å²) in [4.78, 5) is 13.6. The molecule has 5 fully saturated rings. The lowest BCUT2D eigenvalue weighted by Gasteiger charge is -2.53. The first-order valence-corrected chi connectivity index (χ1v) is 18.0. The van der Waals surface area contributed by atoms with Crippen molar-refractivity contribution in [2.45, 2.75) is 68.7 Å². The van der Waals surface area contributed by atoms with Crippen LogP contribution in [0.25, 0.3) is 32.8 Å². The molecule has 2 bridgehead atoms. The molecule has 1 spiro atoms. The lowest BCUT2D eigenvalue weighted by Crippen LogP contribution is -2.62. The van der Waals surface area contributed by atoms with Crippen LogP contribution in [0.5, 0.6) is 11.8 Å². The number of terminal acetylenes is 1. The van der Waals surface area contributed by atoms with E-state index in [0.717, 1.165) is 76.4 Å². The van der Waals surface area contributed by atoms with Crippen LogP contribution in [-0.4, -0.2) is 83.6 Å². The van der Waals surface area contributed by atoms with E-state index in [4.69, 9.17) is 20.9 Å². The summed E-state index contributed by atoms with van der Waals surface area (Å²) >= 11 is 0. The summed E-state index contributed by atoms with van der Waals surface area (Å²) in [6.45, 7) is 4.27. The zero-order valence-electron chi connectivity index (χ0n) is 28.5. The van der Waals surface area contributed by atoms with Gasteiger partial charge in [-0.15, -0.1) is 6.42 Å². The van der Waals surface area contributed by atoms with Gasteiger partial charge in [-0.2, -0.15) is 23.1 Å². The number of aromatic nitrogens is 2. The Balaban J connectivity index is 1.18. The zero-order chi connectivity index (χ0) is 36.0. The number of rotatable bonds is 7. The molecule has 2 atom stereocenters. The van der Waals surface area contributed by atoms with Crippen molar-refractivity contribution in [1.82, 2.24) is 20.2 Å². The number of phenols is 1. The Labute approximate surface area is 297 Å². The van der Waals surface area contributed by atoms with Gasteiger partial charge in [0, 0.05) is 65.6 Å². The Morgan fingerprint density at radius 1 is 1.06 bits per heavy atom. The van der Waals surface area contributed by atoms with E-state index in [0.29, 0.717) is 19.7 Å². The Kier molecular flexibility index (Phi) is 7.84. The molecule has 272 valence electrons. The number of hydrogen-bond donors (Lipinski definition) is 2. The quantitative estimate of drug-likeness (QED) is 0.160. The van der Waals surface area contributed by atoms with E-state index in [-0.39, 0.29) is 68.7 Å². The lowest BCUT2D eigenvalue weighted by atomic mass is 9.74. The fourth-order valence-corrected chi connectivity index (χ4v) is 8.92. The highest BCUT2D eigenvalue weighted by Gasteiger charge is 2.52. The number of piperazine rings is 1. The molecule has 4 heterocycles. The minimum atomic E-state index is -5.06. The number of phenolic OH excluding ortho intramolecular Hbond substituents is 1. The molecule has 2 saturated carbocycles. The molecule has 0 radical (unpaired) electrons. The van der Waals surface area contributed by atoms with E-state index in [9.17, 15) is 5.11 Å². The lowest BCUT2D eigenvalue weighted by molar-refractivity contribution is -0.137. The van der Waals surface area contributed by atoms with E-state index >= 15 is 22.0 Å². The molecule has 8 nitrogen and oxygen atoms in total. The first kappa shape index (κ1) is 33.6. The van der Waals surface area contributed by atoms with Gasteiger partial charge in [0.15, 0.2) is 5.82 Å². The predicted octanol–water partition coefficient (Wildman–Crippen LogP) is 6.79. The Bertz CT molecular complexity index is 2130. The van der Waals surface area contributed by atoms with Crippen molar-refractivity contribution in [3.05, 3.63) is 53.1 Å². The zero-order valence-corrected chi connectivity index (χ0v) is 28.5. The number of nitrogens with zero attached hydrogens (tertiary/aromatic N) is 4. The van der Waals surface area contributed by atoms with E-state index < -0.39 is 40.3 Å². The van der Waals surface area contributed by atoms with Crippen LogP contribution >= 0.6 is 0 Å². The molecular formula is C39H38F5N5O3. The topological polar surface area (TPSA) is 83.0 Å². The second-order valence-corrected chi connectivity index (χ2v) is 15.4. The average molecular weight is 720 g/mol. The van der Waals surface area contributed by atoms with Crippen LogP contribution in [0.2, 0.25) is 0 Å². The maximum absolute atomic E-state index is 17.2. The first-order chi connectivity index (χ1) is 25.0. The highest BCUT2D eigenvalue weighted by molar-refractivity contribution is 6.05. The van der Waals surface area contributed by atoms with Gasteiger partial charge in [-0.1, -0.05) is 12.0 Å². The van der Waals surface area contributed by atoms with Crippen LogP contribution in [0, 0.1) is 29.4 Å². The Hall–Kier alpha value is -4.25. The summed E-state index contributed by atoms with van der Waals surface area (Å²) in [7, 11) is 0. The Morgan fingerprint density at radius 2 is 1.83 bits per heavy atom. The minimum absolute atomic E-state index is 0.0655. The fourth-order valence-electron chi connectivity index (χ4n) is 8.92. The van der Waals surface area contributed by atoms with Crippen LogP contribution in [0.1, 0.15) is 56.1 Å². The smallest absolute Gasteiger partial charge is 0.417 e. The van der Waals surface area contributed by atoms with Gasteiger partial charge in [0.1, 0.15) is 22.9 Å². The van der Waals surface area contributed by atoms with Crippen molar-refractivity contribution < 1.29 is 36.5 Å². The number of nitrogens with one attached hydrogen (secondary N) is 1. The molecule has 1 aromatic heterocycles. The number of aromatic hydroxyl groups is 1. The van der Waals surface area contributed by atoms with Crippen LogP contribution in [0.3, 0.4) is 0 Å². The van der Waals surface area contributed by atoms with Gasteiger partial charge < -0.3 is 24.8 Å². The van der Waals surface area contributed by atoms with Gasteiger partial charge in [0.05, 0.1) is 30.9 Å². The minimum Gasteiger partial charge on any atom is -0.508 e. The van der Waals surface area contributed by atoms with Crippen molar-refractivity contribution in [3.63, 3.8) is 0 Å². The van der Waals surface area contributed by atoms with Crippen LogP contribution in [0.4, 0.5) is 27.8 Å². The van der Waals surface area contributed by atoms with E-state index in [1.54, 1.807) is 0 Å². The maximum atomic E-state index is 17.2. The third-order valence-electron chi connectivity index (χ3n) is 12.0. The van der Waals surface area contributed by atoms with E-state index in [1.807, 2.05) is 4.90 Å². The number of fused-ring (bicyclic) bond motifs is 4. The van der Waals surface area contributed by atoms with Crippen molar-refractivity contribution in [2.24, 2.45) is 5.41 Å². The van der Waals surface area contributed by atoms with E-state index in [2.05, 4.69) is 21.1 Å². The highest BCUT2D eigenvalue weighted by atomic mass is 19.4. The summed E-state index contributed by atoms with van der Waals surface area (Å²) in [5.41, 5.74) is -3.40. The number of morpholine rings is 1. The summed E-state index contributed by atoms with van der Waals surface area (Å²) in [5.74, 6) is -0.223. The number of hydrogen-bond acceptors (Lipinski definition) is 8. The van der Waals surface area contributed by atoms with Crippen molar-refractivity contribution in [3.8, 4) is 35.2 Å². The average Bonchev–Trinajstić information content (AvgIpc) is 3.79. The highest BCUT2D eigenvalue weighted by Crippen LogP contribution is 2.51. The molecule has 3 saturated heterocycles. The van der Waals surface area contributed by atoms with Crippen molar-refractivity contribution in [2.75, 3.05) is 50.9 Å². The van der Waals surface area contributed by atoms with E-state index in [1.165, 1.54) is 18.6 Å². The molecule has 2 N–H and O–H groups in total. The summed E-state index contributed by atoms with van der Waals surface area (Å²) in [5, 5.41) is 14.1. The van der Waals surface area contributed by atoms with Gasteiger partial charge in [0.2, 0.25) is 0 Å². The molecule has 13 heteroatoms. The molecule has 2 aliphatic carbocycles. The molecular weight excluding hydrogens is 681 g/mol. The van der Waals surface area contributed by atoms with Crippen molar-refractivity contribution in [1.29, 1.82) is 0 Å². The van der Waals surface area contributed by atoms with Crippen molar-refractivity contribution >= 4 is 27.5 Å². The van der Waals surface area contributed by atoms with Crippen LogP contribution in [0.15, 0.2) is 30.3 Å². The van der Waals surface area contributed by atoms with Crippen LogP contribution in [-0.2, 0) is 10.9 Å². The number of alkyl halides is 3. The molecule has 2 unspecified atom stereocenters. The molecule has 0 amide bonds. The number of ether oxygens (including phenoxy) is 2. The van der Waals surface area contributed by atoms with Gasteiger partial charge in [-0.3, -0.25) is 4.90 Å².